The summed E-state index contributed by atoms with van der Waals surface area (Å²) in [5.41, 5.74) is 0.695. The Hall–Kier alpha value is -2.81. The minimum absolute atomic E-state index is 0.214. The normalized spacial score (nSPS) is 20.8. The number of cyclic esters (lactones) is 1. The van der Waals surface area contributed by atoms with Crippen LogP contribution < -0.4 is 14.8 Å². The third-order valence-corrected chi connectivity index (χ3v) is 4.90. The van der Waals surface area contributed by atoms with Gasteiger partial charge in [0.05, 0.1) is 14.2 Å². The molecule has 9 nitrogen and oxygen atoms in total. The number of methoxy groups -OCH3 is 3. The topological polar surface area (TPSA) is 103 Å². The van der Waals surface area contributed by atoms with Gasteiger partial charge in [-0.3, -0.25) is 14.5 Å². The van der Waals surface area contributed by atoms with Crippen molar-refractivity contribution in [2.45, 2.75) is 31.5 Å². The molecule has 0 saturated carbocycles. The molecule has 1 fully saturated rings. The smallest absolute Gasteiger partial charge is 0.344 e. The zero-order chi connectivity index (χ0) is 20.3. The maximum atomic E-state index is 12.6. The molecule has 2 unspecified atom stereocenters. The fourth-order valence-corrected chi connectivity index (χ4v) is 3.59. The van der Waals surface area contributed by atoms with E-state index in [1.165, 1.54) is 19.1 Å². The second-order valence-electron chi connectivity index (χ2n) is 6.52. The zero-order valence-electron chi connectivity index (χ0n) is 16.1. The Morgan fingerprint density at radius 2 is 2.04 bits per heavy atom. The van der Waals surface area contributed by atoms with E-state index in [1.54, 1.807) is 19.2 Å². The molecular weight excluding hydrogens is 368 g/mol. The number of fused-ring (bicyclic) bond motifs is 1. The molecule has 1 aromatic rings. The Morgan fingerprint density at radius 1 is 1.25 bits per heavy atom. The summed E-state index contributed by atoms with van der Waals surface area (Å²) in [6, 6.07) is 2.60. The first-order valence-electron chi connectivity index (χ1n) is 9.07. The van der Waals surface area contributed by atoms with Gasteiger partial charge in [0, 0.05) is 32.2 Å². The molecule has 3 rings (SSSR count). The molecule has 0 radical (unpaired) electrons. The van der Waals surface area contributed by atoms with Crippen LogP contribution in [-0.2, 0) is 19.1 Å². The van der Waals surface area contributed by atoms with Gasteiger partial charge >= 0.3 is 5.97 Å². The number of nitrogens with one attached hydrogen (secondary N) is 1. The van der Waals surface area contributed by atoms with Crippen LogP contribution in [0, 0.1) is 0 Å². The third kappa shape index (κ3) is 3.49. The van der Waals surface area contributed by atoms with Crippen LogP contribution in [0.2, 0.25) is 0 Å². The van der Waals surface area contributed by atoms with E-state index in [0.717, 1.165) is 0 Å². The molecule has 0 aliphatic carbocycles. The molecule has 2 aliphatic rings. The van der Waals surface area contributed by atoms with Gasteiger partial charge in [-0.2, -0.15) is 0 Å². The lowest BCUT2D eigenvalue weighted by Gasteiger charge is -2.29. The van der Waals surface area contributed by atoms with Crippen molar-refractivity contribution < 1.29 is 33.3 Å². The largest absolute Gasteiger partial charge is 0.493 e. The van der Waals surface area contributed by atoms with Gasteiger partial charge in [0.15, 0.2) is 11.5 Å². The van der Waals surface area contributed by atoms with E-state index in [2.05, 4.69) is 5.32 Å². The molecule has 2 aliphatic heterocycles. The van der Waals surface area contributed by atoms with Gasteiger partial charge in [-0.05, 0) is 25.0 Å². The van der Waals surface area contributed by atoms with Crippen LogP contribution in [0.5, 0.6) is 11.5 Å². The molecule has 1 saturated heterocycles. The lowest BCUT2D eigenvalue weighted by atomic mass is 10.1. The number of carbonyl (C=O) groups is 3. The summed E-state index contributed by atoms with van der Waals surface area (Å²) in [6.07, 6.45) is 0.284. The zero-order valence-corrected chi connectivity index (χ0v) is 16.1. The molecular formula is C19H24N2O7. The highest BCUT2D eigenvalue weighted by atomic mass is 16.6. The van der Waals surface area contributed by atoms with Gasteiger partial charge in [0.25, 0.3) is 0 Å². The van der Waals surface area contributed by atoms with Crippen LogP contribution in [0.3, 0.4) is 0 Å². The molecule has 2 atom stereocenters. The van der Waals surface area contributed by atoms with Crippen molar-refractivity contribution in [3.63, 3.8) is 0 Å². The Balaban J connectivity index is 1.86. The molecule has 1 aromatic carbocycles. The van der Waals surface area contributed by atoms with Gasteiger partial charge in [-0.25, -0.2) is 4.79 Å². The van der Waals surface area contributed by atoms with Crippen molar-refractivity contribution in [3.8, 4) is 11.5 Å². The quantitative estimate of drug-likeness (QED) is 0.520. The molecule has 28 heavy (non-hydrogen) atoms. The number of rotatable bonds is 8. The standard InChI is InChI=1S/C19H24N2O7/c1-25-10-4-9-20-17(23)12-6-8-14(22)21(12)18-11-5-7-13(26-2)16(27-3)15(11)19(24)28-18/h5,7,12,18H,4,6,8-10H2,1-3H3,(H,20,23). The number of ether oxygens (including phenoxy) is 4. The highest BCUT2D eigenvalue weighted by Crippen LogP contribution is 2.45. The molecule has 0 bridgehead atoms. The molecule has 2 amide bonds. The fourth-order valence-electron chi connectivity index (χ4n) is 3.59. The van der Waals surface area contributed by atoms with E-state index in [0.29, 0.717) is 37.3 Å². The van der Waals surface area contributed by atoms with Crippen LogP contribution >= 0.6 is 0 Å². The average Bonchev–Trinajstić information content (AvgIpc) is 3.24. The minimum Gasteiger partial charge on any atom is -0.493 e. The summed E-state index contributed by atoms with van der Waals surface area (Å²) < 4.78 is 21.0. The van der Waals surface area contributed by atoms with Crippen LogP contribution in [-0.4, -0.2) is 63.2 Å². The maximum Gasteiger partial charge on any atom is 0.344 e. The second kappa shape index (κ2) is 8.47. The van der Waals surface area contributed by atoms with Gasteiger partial charge in [0.2, 0.25) is 18.0 Å². The van der Waals surface area contributed by atoms with E-state index >= 15 is 0 Å². The van der Waals surface area contributed by atoms with Gasteiger partial charge in [-0.15, -0.1) is 0 Å². The minimum atomic E-state index is -0.966. The van der Waals surface area contributed by atoms with Crippen molar-refractivity contribution in [3.05, 3.63) is 23.3 Å². The molecule has 9 heteroatoms. The highest BCUT2D eigenvalue weighted by Gasteiger charge is 2.47. The van der Waals surface area contributed by atoms with Gasteiger partial charge in [0.1, 0.15) is 11.6 Å². The molecule has 152 valence electrons. The summed E-state index contributed by atoms with van der Waals surface area (Å²) in [4.78, 5) is 39.0. The van der Waals surface area contributed by atoms with Crippen molar-refractivity contribution in [2.24, 2.45) is 0 Å². The predicted octanol–water partition coefficient (Wildman–Crippen LogP) is 1.02. The molecule has 2 heterocycles. The number of hydrogen-bond acceptors (Lipinski definition) is 7. The Morgan fingerprint density at radius 3 is 2.71 bits per heavy atom. The predicted molar refractivity (Wildman–Crippen MR) is 97.1 cm³/mol. The lowest BCUT2D eigenvalue weighted by Crippen LogP contribution is -2.46. The maximum absolute atomic E-state index is 12.6. The number of amides is 2. The Labute approximate surface area is 162 Å². The fraction of sp³-hybridized carbons (Fsp3) is 0.526. The van der Waals surface area contributed by atoms with E-state index < -0.39 is 18.2 Å². The summed E-state index contributed by atoms with van der Waals surface area (Å²) >= 11 is 0. The van der Waals surface area contributed by atoms with Crippen LogP contribution in [0.25, 0.3) is 0 Å². The van der Waals surface area contributed by atoms with Gasteiger partial charge < -0.3 is 24.3 Å². The van der Waals surface area contributed by atoms with E-state index in [9.17, 15) is 14.4 Å². The number of esters is 1. The number of benzene rings is 1. The number of likely N-dealkylation sites (tertiary alicyclic amines) is 1. The van der Waals surface area contributed by atoms with Gasteiger partial charge in [-0.1, -0.05) is 0 Å². The first-order valence-corrected chi connectivity index (χ1v) is 9.07. The number of hydrogen-bond donors (Lipinski definition) is 1. The van der Waals surface area contributed by atoms with Crippen molar-refractivity contribution in [1.29, 1.82) is 0 Å². The molecule has 0 aromatic heterocycles. The number of carbonyl (C=O) groups excluding carboxylic acids is 3. The van der Waals surface area contributed by atoms with Crippen molar-refractivity contribution >= 4 is 17.8 Å². The van der Waals surface area contributed by atoms with E-state index in [1.807, 2.05) is 0 Å². The monoisotopic (exact) mass is 392 g/mol. The SMILES string of the molecule is COCCCNC(=O)C1CCC(=O)N1C1OC(=O)c2c1ccc(OC)c2OC. The number of nitrogens with zero attached hydrogens (tertiary/aromatic N) is 1. The lowest BCUT2D eigenvalue weighted by molar-refractivity contribution is -0.145. The van der Waals surface area contributed by atoms with Crippen LogP contribution in [0.4, 0.5) is 0 Å². The van der Waals surface area contributed by atoms with Crippen molar-refractivity contribution in [1.82, 2.24) is 10.2 Å². The highest BCUT2D eigenvalue weighted by molar-refractivity contribution is 5.99. The summed E-state index contributed by atoms with van der Waals surface area (Å²) in [6.45, 7) is 0.972. The summed E-state index contributed by atoms with van der Waals surface area (Å²) in [5.74, 6) is -0.488. The molecule has 1 N–H and O–H groups in total. The molecule has 0 spiro atoms. The Kier molecular flexibility index (Phi) is 6.03. The van der Waals surface area contributed by atoms with Crippen LogP contribution in [0.1, 0.15) is 41.4 Å². The van der Waals surface area contributed by atoms with Crippen LogP contribution in [0.15, 0.2) is 12.1 Å². The first kappa shape index (κ1) is 19.9. The van der Waals surface area contributed by atoms with E-state index in [-0.39, 0.29) is 29.5 Å². The third-order valence-electron chi connectivity index (χ3n) is 4.90. The van der Waals surface area contributed by atoms with E-state index in [4.69, 9.17) is 18.9 Å². The first-order chi connectivity index (χ1) is 13.5. The summed E-state index contributed by atoms with van der Waals surface area (Å²) in [7, 11) is 4.49. The van der Waals surface area contributed by atoms with Crippen molar-refractivity contribution in [2.75, 3.05) is 34.5 Å². The second-order valence-corrected chi connectivity index (χ2v) is 6.52. The average molecular weight is 392 g/mol. The Bertz CT molecular complexity index is 780. The summed E-state index contributed by atoms with van der Waals surface area (Å²) in [5, 5.41) is 2.81.